The third kappa shape index (κ3) is 5.24. The van der Waals surface area contributed by atoms with Crippen molar-refractivity contribution in [2.75, 3.05) is 46.4 Å². The van der Waals surface area contributed by atoms with Crippen LogP contribution in [0.5, 0.6) is 5.75 Å². The third-order valence-electron chi connectivity index (χ3n) is 5.60. The lowest BCUT2D eigenvalue weighted by atomic mass is 9.99. The van der Waals surface area contributed by atoms with Gasteiger partial charge >= 0.3 is 0 Å². The summed E-state index contributed by atoms with van der Waals surface area (Å²) in [5.74, 6) is 0.299. The Morgan fingerprint density at radius 2 is 1.86 bits per heavy atom. The fourth-order valence-corrected chi connectivity index (χ4v) is 5.46. The van der Waals surface area contributed by atoms with Gasteiger partial charge in [0, 0.05) is 19.6 Å². The van der Waals surface area contributed by atoms with E-state index >= 15 is 0 Å². The zero-order valence-corrected chi connectivity index (χ0v) is 17.4. The minimum Gasteiger partial charge on any atom is -0.497 e. The molecule has 0 aromatic heterocycles. The number of nitrogens with one attached hydrogen (secondary N) is 1. The number of nitrogens with zero attached hydrogens (tertiary/aromatic N) is 2. The highest BCUT2D eigenvalue weighted by atomic mass is 32.2. The highest BCUT2D eigenvalue weighted by Gasteiger charge is 2.33. The summed E-state index contributed by atoms with van der Waals surface area (Å²) in [7, 11) is -2.05. The van der Waals surface area contributed by atoms with E-state index < -0.39 is 10.0 Å². The number of methoxy groups -OCH3 is 1. The average molecular weight is 410 g/mol. The predicted octanol–water partition coefficient (Wildman–Crippen LogP) is 1.70. The van der Waals surface area contributed by atoms with Gasteiger partial charge < -0.3 is 15.0 Å². The van der Waals surface area contributed by atoms with E-state index in [0.29, 0.717) is 25.3 Å². The Labute approximate surface area is 168 Å². The lowest BCUT2D eigenvalue weighted by Gasteiger charge is -2.31. The maximum absolute atomic E-state index is 12.9. The van der Waals surface area contributed by atoms with Gasteiger partial charge in [0.1, 0.15) is 5.75 Å². The van der Waals surface area contributed by atoms with E-state index in [2.05, 4.69) is 10.2 Å². The molecule has 1 aromatic rings. The van der Waals surface area contributed by atoms with Crippen molar-refractivity contribution in [2.45, 2.75) is 37.0 Å². The number of hydrogen-bond donors (Lipinski definition) is 1. The largest absolute Gasteiger partial charge is 0.497 e. The monoisotopic (exact) mass is 409 g/mol. The van der Waals surface area contributed by atoms with Gasteiger partial charge in [-0.1, -0.05) is 0 Å². The normalized spacial score (nSPS) is 21.5. The first-order chi connectivity index (χ1) is 13.5. The Bertz CT molecular complexity index is 745. The number of carbonyl (C=O) groups is 1. The maximum Gasteiger partial charge on any atom is 0.243 e. The molecule has 3 rings (SSSR count). The van der Waals surface area contributed by atoms with Crippen molar-refractivity contribution in [2.24, 2.45) is 5.92 Å². The molecule has 0 bridgehead atoms. The Morgan fingerprint density at radius 3 is 2.54 bits per heavy atom. The fraction of sp³-hybridized carbons (Fsp3) is 0.650. The van der Waals surface area contributed by atoms with Crippen LogP contribution in [0.15, 0.2) is 29.2 Å². The highest BCUT2D eigenvalue weighted by molar-refractivity contribution is 7.89. The van der Waals surface area contributed by atoms with Crippen LogP contribution in [0.4, 0.5) is 0 Å². The number of hydrogen-bond acceptors (Lipinski definition) is 5. The smallest absolute Gasteiger partial charge is 0.243 e. The molecule has 156 valence electrons. The number of rotatable bonds is 8. The summed E-state index contributed by atoms with van der Waals surface area (Å²) < 4.78 is 32.3. The van der Waals surface area contributed by atoms with Gasteiger partial charge in [-0.2, -0.15) is 4.31 Å². The topological polar surface area (TPSA) is 79.0 Å². The van der Waals surface area contributed by atoms with E-state index in [4.69, 9.17) is 4.74 Å². The van der Waals surface area contributed by atoms with Gasteiger partial charge in [0.15, 0.2) is 0 Å². The molecular formula is C20H31N3O4S. The molecule has 2 aliphatic rings. The van der Waals surface area contributed by atoms with Crippen molar-refractivity contribution >= 4 is 15.9 Å². The summed E-state index contributed by atoms with van der Waals surface area (Å²) >= 11 is 0. The van der Waals surface area contributed by atoms with Crippen LogP contribution >= 0.6 is 0 Å². The van der Waals surface area contributed by atoms with Crippen LogP contribution < -0.4 is 10.1 Å². The first-order valence-corrected chi connectivity index (χ1v) is 11.6. The summed E-state index contributed by atoms with van der Waals surface area (Å²) in [6.45, 7) is 4.68. The zero-order chi connectivity index (χ0) is 20.0. The van der Waals surface area contributed by atoms with Gasteiger partial charge in [-0.3, -0.25) is 4.79 Å². The molecule has 7 nitrogen and oxygen atoms in total. The first-order valence-electron chi connectivity index (χ1n) is 10.1. The molecule has 1 unspecified atom stereocenters. The number of sulfonamides is 1. The van der Waals surface area contributed by atoms with Gasteiger partial charge in [0.25, 0.3) is 0 Å². The van der Waals surface area contributed by atoms with E-state index in [1.54, 1.807) is 31.4 Å². The van der Waals surface area contributed by atoms with Gasteiger partial charge in [-0.25, -0.2) is 8.42 Å². The van der Waals surface area contributed by atoms with Gasteiger partial charge in [-0.05, 0) is 76.0 Å². The molecule has 1 aromatic carbocycles. The minimum absolute atomic E-state index is 0.0314. The number of benzene rings is 1. The number of carbonyl (C=O) groups excluding carboxylic acids is 1. The predicted molar refractivity (Wildman–Crippen MR) is 108 cm³/mol. The molecule has 1 N–H and O–H groups in total. The quantitative estimate of drug-likeness (QED) is 0.661. The van der Waals surface area contributed by atoms with Crippen molar-refractivity contribution in [1.29, 1.82) is 0 Å². The zero-order valence-electron chi connectivity index (χ0n) is 16.6. The van der Waals surface area contributed by atoms with Crippen LogP contribution in [0, 0.1) is 5.92 Å². The summed E-state index contributed by atoms with van der Waals surface area (Å²) in [6.07, 6.45) is 4.90. The average Bonchev–Trinajstić information content (AvgIpc) is 3.24. The van der Waals surface area contributed by atoms with Crippen LogP contribution in [0.2, 0.25) is 0 Å². The molecule has 2 heterocycles. The molecule has 0 saturated carbocycles. The maximum atomic E-state index is 12.9. The van der Waals surface area contributed by atoms with Crippen LogP contribution in [-0.2, 0) is 14.8 Å². The van der Waals surface area contributed by atoms with Crippen molar-refractivity contribution < 1.29 is 17.9 Å². The van der Waals surface area contributed by atoms with E-state index in [1.807, 2.05) is 0 Å². The summed E-state index contributed by atoms with van der Waals surface area (Å²) in [6, 6.07) is 6.38. The van der Waals surface area contributed by atoms with Crippen molar-refractivity contribution in [1.82, 2.24) is 14.5 Å². The molecule has 1 atom stereocenters. The van der Waals surface area contributed by atoms with Crippen molar-refractivity contribution in [3.8, 4) is 5.75 Å². The lowest BCUT2D eigenvalue weighted by molar-refractivity contribution is -0.126. The van der Waals surface area contributed by atoms with E-state index in [-0.39, 0.29) is 23.3 Å². The summed E-state index contributed by atoms with van der Waals surface area (Å²) in [5, 5.41) is 3.00. The van der Waals surface area contributed by atoms with Crippen molar-refractivity contribution in [3.63, 3.8) is 0 Å². The summed E-state index contributed by atoms with van der Waals surface area (Å²) in [4.78, 5) is 15.2. The molecule has 0 spiro atoms. The van der Waals surface area contributed by atoms with Crippen LogP contribution in [0.25, 0.3) is 0 Å². The van der Waals surface area contributed by atoms with Gasteiger partial charge in [0.05, 0.1) is 17.9 Å². The number of likely N-dealkylation sites (tertiary alicyclic amines) is 1. The molecule has 0 radical (unpaired) electrons. The molecule has 2 saturated heterocycles. The third-order valence-corrected chi connectivity index (χ3v) is 7.48. The van der Waals surface area contributed by atoms with Gasteiger partial charge in [0.2, 0.25) is 15.9 Å². The number of amides is 1. The second-order valence-corrected chi connectivity index (χ2v) is 9.51. The Morgan fingerprint density at radius 1 is 1.14 bits per heavy atom. The summed E-state index contributed by atoms with van der Waals surface area (Å²) in [5.41, 5.74) is 0. The molecule has 28 heavy (non-hydrogen) atoms. The van der Waals surface area contributed by atoms with Crippen molar-refractivity contribution in [3.05, 3.63) is 24.3 Å². The molecule has 1 amide bonds. The molecule has 2 fully saturated rings. The number of ether oxygens (including phenoxy) is 1. The van der Waals surface area contributed by atoms with Crippen LogP contribution in [-0.4, -0.2) is 69.9 Å². The second-order valence-electron chi connectivity index (χ2n) is 7.57. The molecular weight excluding hydrogens is 378 g/mol. The van der Waals surface area contributed by atoms with Crippen LogP contribution in [0.3, 0.4) is 0 Å². The minimum atomic E-state index is -3.60. The van der Waals surface area contributed by atoms with Gasteiger partial charge in [-0.15, -0.1) is 0 Å². The van der Waals surface area contributed by atoms with E-state index in [0.717, 1.165) is 32.5 Å². The Balaban J connectivity index is 1.51. The first kappa shape index (κ1) is 21.1. The molecule has 8 heteroatoms. The highest BCUT2D eigenvalue weighted by Crippen LogP contribution is 2.25. The van der Waals surface area contributed by atoms with E-state index in [1.165, 1.54) is 17.1 Å². The molecule has 2 aliphatic heterocycles. The lowest BCUT2D eigenvalue weighted by Crippen LogP contribution is -2.45. The van der Waals surface area contributed by atoms with E-state index in [9.17, 15) is 13.2 Å². The Hall–Kier alpha value is -1.64. The fourth-order valence-electron chi connectivity index (χ4n) is 3.94. The standard InChI is InChI=1S/C20H31N3O4S/c1-27-18-7-9-19(10-8-18)28(25,26)23-15-4-6-17(16-23)20(24)21-11-5-14-22-12-2-3-13-22/h7-10,17H,2-6,11-16H2,1H3,(H,21,24). The second kappa shape index (κ2) is 9.71. The molecule has 0 aliphatic carbocycles. The van der Waals surface area contributed by atoms with Crippen LogP contribution in [0.1, 0.15) is 32.1 Å². The number of piperidine rings is 1. The Kier molecular flexibility index (Phi) is 7.31. The SMILES string of the molecule is COc1ccc(S(=O)(=O)N2CCCC(C(=O)NCCCN3CCCC3)C2)cc1.